The average molecular weight is 276 g/mol. The van der Waals surface area contributed by atoms with Crippen LogP contribution in [0.5, 0.6) is 0 Å². The van der Waals surface area contributed by atoms with Crippen molar-refractivity contribution in [3.8, 4) is 0 Å². The third kappa shape index (κ3) is 1.87. The molecule has 3 N–H and O–H groups in total. The van der Waals surface area contributed by atoms with E-state index in [0.717, 1.165) is 27.5 Å². The smallest absolute Gasteiger partial charge is 0.256 e. The summed E-state index contributed by atoms with van der Waals surface area (Å²) in [6.07, 6.45) is 3.54. The minimum absolute atomic E-state index is 0.131. The van der Waals surface area contributed by atoms with Gasteiger partial charge in [0.15, 0.2) is 0 Å². The fourth-order valence-electron chi connectivity index (χ4n) is 2.55. The lowest BCUT2D eigenvalue weighted by molar-refractivity contribution is 0.102. The Balaban J connectivity index is 1.76. The van der Waals surface area contributed by atoms with Crippen LogP contribution in [0.15, 0.2) is 54.9 Å². The molecule has 1 amide bonds. The molecule has 0 bridgehead atoms. The predicted molar refractivity (Wildman–Crippen MR) is 82.3 cm³/mol. The Labute approximate surface area is 120 Å². The maximum absolute atomic E-state index is 12.5. The summed E-state index contributed by atoms with van der Waals surface area (Å²) in [6.45, 7) is 0. The Morgan fingerprint density at radius 2 is 1.86 bits per heavy atom. The quantitative estimate of drug-likeness (QED) is 0.525. The molecule has 21 heavy (non-hydrogen) atoms. The number of benzene rings is 2. The van der Waals surface area contributed by atoms with Crippen LogP contribution >= 0.6 is 0 Å². The van der Waals surface area contributed by atoms with Gasteiger partial charge in [-0.1, -0.05) is 12.1 Å². The second-order valence-corrected chi connectivity index (χ2v) is 4.84. The van der Waals surface area contributed by atoms with Crippen molar-refractivity contribution in [1.29, 1.82) is 0 Å². The molecule has 4 aromatic rings. The molecule has 2 aromatic carbocycles. The lowest BCUT2D eigenvalue weighted by atomic mass is 10.1. The van der Waals surface area contributed by atoms with Gasteiger partial charge in [-0.3, -0.25) is 9.89 Å². The van der Waals surface area contributed by atoms with Crippen LogP contribution in [0.25, 0.3) is 21.8 Å². The number of nitrogens with zero attached hydrogens (tertiary/aromatic N) is 1. The van der Waals surface area contributed by atoms with Crippen molar-refractivity contribution in [3.63, 3.8) is 0 Å². The molecule has 0 spiro atoms. The number of carbonyl (C=O) groups excluding carboxylic acids is 1. The van der Waals surface area contributed by atoms with E-state index in [2.05, 4.69) is 20.5 Å². The highest BCUT2D eigenvalue weighted by molar-refractivity contribution is 6.14. The average Bonchev–Trinajstić information content (AvgIpc) is 3.15. The number of carbonyl (C=O) groups is 1. The van der Waals surface area contributed by atoms with Crippen molar-refractivity contribution in [2.24, 2.45) is 0 Å². The summed E-state index contributed by atoms with van der Waals surface area (Å²) in [5, 5.41) is 11.7. The molecule has 4 rings (SSSR count). The first-order valence-electron chi connectivity index (χ1n) is 6.62. The third-order valence-electron chi connectivity index (χ3n) is 3.57. The Bertz CT molecular complexity index is 951. The molecule has 0 saturated heterocycles. The monoisotopic (exact) mass is 276 g/mol. The van der Waals surface area contributed by atoms with E-state index in [1.54, 1.807) is 6.20 Å². The number of anilines is 1. The van der Waals surface area contributed by atoms with Gasteiger partial charge in [0.2, 0.25) is 0 Å². The predicted octanol–water partition coefficient (Wildman–Crippen LogP) is 3.30. The largest absolute Gasteiger partial charge is 0.361 e. The fourth-order valence-corrected chi connectivity index (χ4v) is 2.55. The first kappa shape index (κ1) is 11.7. The van der Waals surface area contributed by atoms with Crippen LogP contribution in [-0.4, -0.2) is 21.1 Å². The van der Waals surface area contributed by atoms with Crippen molar-refractivity contribution in [2.45, 2.75) is 0 Å². The summed E-state index contributed by atoms with van der Waals surface area (Å²) in [5.74, 6) is -0.131. The number of nitrogens with one attached hydrogen (secondary N) is 3. The molecule has 0 unspecified atom stereocenters. The van der Waals surface area contributed by atoms with Crippen LogP contribution < -0.4 is 5.32 Å². The van der Waals surface area contributed by atoms with Gasteiger partial charge in [-0.05, 0) is 30.3 Å². The van der Waals surface area contributed by atoms with Gasteiger partial charge in [0, 0.05) is 28.0 Å². The summed E-state index contributed by atoms with van der Waals surface area (Å²) < 4.78 is 0. The van der Waals surface area contributed by atoms with E-state index in [0.29, 0.717) is 5.56 Å². The van der Waals surface area contributed by atoms with E-state index in [1.807, 2.05) is 48.7 Å². The molecule has 0 fully saturated rings. The van der Waals surface area contributed by atoms with Crippen molar-refractivity contribution in [2.75, 3.05) is 5.32 Å². The molecular formula is C16H12N4O. The second kappa shape index (κ2) is 4.49. The molecule has 2 aromatic heterocycles. The van der Waals surface area contributed by atoms with Gasteiger partial charge in [0.25, 0.3) is 5.91 Å². The molecule has 0 aliphatic carbocycles. The van der Waals surface area contributed by atoms with Crippen molar-refractivity contribution < 1.29 is 4.79 Å². The zero-order valence-electron chi connectivity index (χ0n) is 11.1. The number of aromatic amines is 2. The molecular weight excluding hydrogens is 264 g/mol. The SMILES string of the molecule is O=C(Nc1cccc2[nH]ncc12)c1cccc2[nH]ccc12. The zero-order valence-corrected chi connectivity index (χ0v) is 11.1. The van der Waals surface area contributed by atoms with E-state index in [4.69, 9.17) is 0 Å². The summed E-state index contributed by atoms with van der Waals surface area (Å²) >= 11 is 0. The van der Waals surface area contributed by atoms with Crippen LogP contribution in [0.3, 0.4) is 0 Å². The standard InChI is InChI=1S/C16H12N4O/c21-16(11-3-1-4-13-10(11)7-8-17-13)19-14-5-2-6-15-12(14)9-18-20-15/h1-9,17H,(H,18,20)(H,19,21). The van der Waals surface area contributed by atoms with Crippen LogP contribution in [0.4, 0.5) is 5.69 Å². The number of amides is 1. The molecule has 0 aliphatic rings. The highest BCUT2D eigenvalue weighted by Gasteiger charge is 2.12. The fraction of sp³-hybridized carbons (Fsp3) is 0. The van der Waals surface area contributed by atoms with Crippen molar-refractivity contribution in [1.82, 2.24) is 15.2 Å². The van der Waals surface area contributed by atoms with E-state index in [9.17, 15) is 4.79 Å². The molecule has 0 atom stereocenters. The minimum Gasteiger partial charge on any atom is -0.361 e. The summed E-state index contributed by atoms with van der Waals surface area (Å²) in [6, 6.07) is 13.2. The Morgan fingerprint density at radius 1 is 1.00 bits per heavy atom. The number of fused-ring (bicyclic) bond motifs is 2. The number of hydrogen-bond acceptors (Lipinski definition) is 2. The van der Waals surface area contributed by atoms with Crippen LogP contribution in [0.1, 0.15) is 10.4 Å². The van der Waals surface area contributed by atoms with E-state index in [1.165, 1.54) is 0 Å². The molecule has 0 saturated carbocycles. The third-order valence-corrected chi connectivity index (χ3v) is 3.57. The summed E-state index contributed by atoms with van der Waals surface area (Å²) in [4.78, 5) is 15.6. The number of hydrogen-bond donors (Lipinski definition) is 3. The van der Waals surface area contributed by atoms with Gasteiger partial charge in [-0.25, -0.2) is 0 Å². The van der Waals surface area contributed by atoms with Crippen LogP contribution in [0.2, 0.25) is 0 Å². The normalized spacial score (nSPS) is 11.0. The second-order valence-electron chi connectivity index (χ2n) is 4.84. The van der Waals surface area contributed by atoms with Crippen LogP contribution in [0, 0.1) is 0 Å². The van der Waals surface area contributed by atoms with Gasteiger partial charge >= 0.3 is 0 Å². The zero-order chi connectivity index (χ0) is 14.2. The topological polar surface area (TPSA) is 73.6 Å². The van der Waals surface area contributed by atoms with Gasteiger partial charge in [-0.2, -0.15) is 5.10 Å². The van der Waals surface area contributed by atoms with Crippen LogP contribution in [-0.2, 0) is 0 Å². The maximum atomic E-state index is 12.5. The molecule has 0 radical (unpaired) electrons. The first-order valence-corrected chi connectivity index (χ1v) is 6.62. The summed E-state index contributed by atoms with van der Waals surface area (Å²) in [5.41, 5.74) is 3.24. The van der Waals surface area contributed by atoms with Gasteiger partial charge < -0.3 is 10.3 Å². The highest BCUT2D eigenvalue weighted by atomic mass is 16.1. The first-order chi connectivity index (χ1) is 10.3. The number of aromatic nitrogens is 3. The Hall–Kier alpha value is -3.08. The molecule has 2 heterocycles. The van der Waals surface area contributed by atoms with Gasteiger partial charge in [0.05, 0.1) is 17.4 Å². The van der Waals surface area contributed by atoms with E-state index < -0.39 is 0 Å². The molecule has 5 heteroatoms. The number of H-pyrrole nitrogens is 2. The molecule has 0 aliphatic heterocycles. The van der Waals surface area contributed by atoms with Gasteiger partial charge in [0.1, 0.15) is 0 Å². The lowest BCUT2D eigenvalue weighted by Crippen LogP contribution is -2.12. The maximum Gasteiger partial charge on any atom is 0.256 e. The lowest BCUT2D eigenvalue weighted by Gasteiger charge is -2.07. The van der Waals surface area contributed by atoms with Crippen molar-refractivity contribution >= 4 is 33.4 Å². The van der Waals surface area contributed by atoms with Crippen molar-refractivity contribution in [3.05, 3.63) is 60.4 Å². The van der Waals surface area contributed by atoms with E-state index >= 15 is 0 Å². The van der Waals surface area contributed by atoms with E-state index in [-0.39, 0.29) is 5.91 Å². The highest BCUT2D eigenvalue weighted by Crippen LogP contribution is 2.23. The summed E-state index contributed by atoms with van der Waals surface area (Å²) in [7, 11) is 0. The molecule has 5 nitrogen and oxygen atoms in total. The Morgan fingerprint density at radius 3 is 2.81 bits per heavy atom. The Kier molecular flexibility index (Phi) is 2.50. The number of rotatable bonds is 2. The van der Waals surface area contributed by atoms with Gasteiger partial charge in [-0.15, -0.1) is 0 Å². The molecule has 102 valence electrons. The minimum atomic E-state index is -0.131.